The third-order valence-electron chi connectivity index (χ3n) is 5.48. The first kappa shape index (κ1) is 14.8. The highest BCUT2D eigenvalue weighted by Crippen LogP contribution is 2.58. The zero-order valence-electron chi connectivity index (χ0n) is 12.5. The number of hydrogen-bond donors (Lipinski definition) is 1. The van der Waals surface area contributed by atoms with Gasteiger partial charge in [0.1, 0.15) is 6.10 Å². The summed E-state index contributed by atoms with van der Waals surface area (Å²) >= 11 is 0. The SMILES string of the molecule is CCCOC(=O)C1C2CCC3C(OC(=O)C31)C2CCCO. The first-order chi connectivity index (χ1) is 10.2. The van der Waals surface area contributed by atoms with Gasteiger partial charge in [-0.1, -0.05) is 6.92 Å². The molecule has 0 radical (unpaired) electrons. The van der Waals surface area contributed by atoms with Crippen molar-refractivity contribution in [2.45, 2.75) is 45.1 Å². The minimum absolute atomic E-state index is 0.0389. The summed E-state index contributed by atoms with van der Waals surface area (Å²) < 4.78 is 10.9. The molecule has 6 unspecified atom stereocenters. The van der Waals surface area contributed by atoms with E-state index < -0.39 is 0 Å². The van der Waals surface area contributed by atoms with Crippen molar-refractivity contribution in [3.05, 3.63) is 0 Å². The van der Waals surface area contributed by atoms with Crippen molar-refractivity contribution in [2.75, 3.05) is 13.2 Å². The van der Waals surface area contributed by atoms with Gasteiger partial charge >= 0.3 is 11.9 Å². The Morgan fingerprint density at radius 3 is 2.86 bits per heavy atom. The van der Waals surface area contributed by atoms with E-state index in [1.165, 1.54) is 0 Å². The van der Waals surface area contributed by atoms with E-state index in [0.29, 0.717) is 13.0 Å². The fourth-order valence-electron chi connectivity index (χ4n) is 4.72. The van der Waals surface area contributed by atoms with E-state index in [9.17, 15) is 9.59 Å². The Balaban J connectivity index is 1.82. The van der Waals surface area contributed by atoms with E-state index in [1.54, 1.807) is 0 Å². The smallest absolute Gasteiger partial charge is 0.310 e. The van der Waals surface area contributed by atoms with Crippen LogP contribution in [0.15, 0.2) is 0 Å². The molecular formula is C16H24O5. The molecule has 4 bridgehead atoms. The van der Waals surface area contributed by atoms with Crippen LogP contribution in [0.25, 0.3) is 0 Å². The normalized spacial score (nSPS) is 40.2. The molecule has 0 spiro atoms. The lowest BCUT2D eigenvalue weighted by Crippen LogP contribution is -2.53. The van der Waals surface area contributed by atoms with Gasteiger partial charge < -0.3 is 14.6 Å². The van der Waals surface area contributed by atoms with Crippen LogP contribution in [0.5, 0.6) is 0 Å². The molecule has 1 aliphatic heterocycles. The largest absolute Gasteiger partial charge is 0.465 e. The van der Waals surface area contributed by atoms with Gasteiger partial charge in [-0.3, -0.25) is 9.59 Å². The lowest BCUT2D eigenvalue weighted by Gasteiger charge is -2.48. The van der Waals surface area contributed by atoms with E-state index in [4.69, 9.17) is 14.6 Å². The Hall–Kier alpha value is -1.10. The molecule has 1 saturated heterocycles. The summed E-state index contributed by atoms with van der Waals surface area (Å²) in [5.74, 6) is -0.494. The summed E-state index contributed by atoms with van der Waals surface area (Å²) in [7, 11) is 0. The minimum atomic E-state index is -0.328. The van der Waals surface area contributed by atoms with Crippen molar-refractivity contribution in [1.29, 1.82) is 0 Å². The van der Waals surface area contributed by atoms with E-state index in [-0.39, 0.29) is 54.2 Å². The van der Waals surface area contributed by atoms with Crippen molar-refractivity contribution in [1.82, 2.24) is 0 Å². The van der Waals surface area contributed by atoms with Gasteiger partial charge in [-0.25, -0.2) is 0 Å². The second-order valence-electron chi connectivity index (χ2n) is 6.56. The summed E-state index contributed by atoms with van der Waals surface area (Å²) in [5, 5.41) is 9.08. The van der Waals surface area contributed by atoms with Crippen LogP contribution in [0, 0.1) is 29.6 Å². The van der Waals surface area contributed by atoms with Crippen LogP contribution in [0.1, 0.15) is 39.0 Å². The number of fused-ring (bicyclic) bond motifs is 1. The molecule has 5 nitrogen and oxygen atoms in total. The summed E-state index contributed by atoms with van der Waals surface area (Å²) in [6, 6.07) is 0. The lowest BCUT2D eigenvalue weighted by atomic mass is 9.53. The number of esters is 2. The average Bonchev–Trinajstić information content (AvgIpc) is 2.78. The molecule has 118 valence electrons. The van der Waals surface area contributed by atoms with Crippen LogP contribution >= 0.6 is 0 Å². The Kier molecular flexibility index (Phi) is 4.20. The van der Waals surface area contributed by atoms with Crippen molar-refractivity contribution in [2.24, 2.45) is 29.6 Å². The third-order valence-corrected chi connectivity index (χ3v) is 5.48. The molecule has 0 aromatic heterocycles. The van der Waals surface area contributed by atoms with Crippen LogP contribution in [0.2, 0.25) is 0 Å². The molecule has 3 saturated carbocycles. The van der Waals surface area contributed by atoms with Gasteiger partial charge in [0.15, 0.2) is 0 Å². The topological polar surface area (TPSA) is 72.8 Å². The number of rotatable bonds is 6. The van der Waals surface area contributed by atoms with Gasteiger partial charge in [0.05, 0.1) is 18.4 Å². The number of ether oxygens (including phenoxy) is 2. The maximum atomic E-state index is 12.4. The van der Waals surface area contributed by atoms with Gasteiger partial charge in [-0.05, 0) is 38.0 Å². The van der Waals surface area contributed by atoms with Crippen molar-refractivity contribution in [3.8, 4) is 0 Å². The number of carbonyl (C=O) groups is 2. The van der Waals surface area contributed by atoms with E-state index >= 15 is 0 Å². The van der Waals surface area contributed by atoms with Crippen LogP contribution in [0.3, 0.4) is 0 Å². The molecule has 1 heterocycles. The fraction of sp³-hybridized carbons (Fsp3) is 0.875. The highest BCUT2D eigenvalue weighted by molar-refractivity contribution is 5.85. The summed E-state index contributed by atoms with van der Waals surface area (Å²) in [5.41, 5.74) is 0. The molecule has 6 atom stereocenters. The van der Waals surface area contributed by atoms with Gasteiger partial charge in [0, 0.05) is 18.4 Å². The first-order valence-electron chi connectivity index (χ1n) is 8.17. The zero-order chi connectivity index (χ0) is 15.0. The predicted molar refractivity (Wildman–Crippen MR) is 74.1 cm³/mol. The molecule has 21 heavy (non-hydrogen) atoms. The monoisotopic (exact) mass is 296 g/mol. The van der Waals surface area contributed by atoms with Gasteiger partial charge in [0.2, 0.25) is 0 Å². The summed E-state index contributed by atoms with van der Waals surface area (Å²) in [6.45, 7) is 2.52. The van der Waals surface area contributed by atoms with Crippen LogP contribution in [-0.2, 0) is 19.1 Å². The number of aliphatic hydroxyl groups is 1. The number of carbonyl (C=O) groups excluding carboxylic acids is 2. The molecule has 1 N–H and O–H groups in total. The standard InChI is InChI=1S/C16H24O5/c1-2-8-20-15(18)12-9-5-6-11-13(12)16(19)21-14(11)10(9)4-3-7-17/h9-14,17H,2-8H2,1H3. The van der Waals surface area contributed by atoms with Crippen LogP contribution in [-0.4, -0.2) is 36.4 Å². The highest BCUT2D eigenvalue weighted by Gasteiger charge is 2.64. The predicted octanol–water partition coefficient (Wildman–Crippen LogP) is 1.53. The van der Waals surface area contributed by atoms with Crippen molar-refractivity contribution >= 4 is 11.9 Å². The zero-order valence-corrected chi connectivity index (χ0v) is 12.5. The lowest BCUT2D eigenvalue weighted by molar-refractivity contribution is -0.163. The molecule has 0 aromatic rings. The Bertz CT molecular complexity index is 421. The fourth-order valence-corrected chi connectivity index (χ4v) is 4.72. The maximum Gasteiger partial charge on any atom is 0.310 e. The number of aliphatic hydroxyl groups excluding tert-OH is 1. The molecule has 3 aliphatic carbocycles. The Labute approximate surface area is 125 Å². The van der Waals surface area contributed by atoms with Crippen molar-refractivity contribution < 1.29 is 24.2 Å². The van der Waals surface area contributed by atoms with Gasteiger partial charge in [-0.15, -0.1) is 0 Å². The average molecular weight is 296 g/mol. The first-order valence-corrected chi connectivity index (χ1v) is 8.17. The quantitative estimate of drug-likeness (QED) is 0.752. The van der Waals surface area contributed by atoms with E-state index in [1.807, 2.05) is 6.92 Å². The Morgan fingerprint density at radius 2 is 2.14 bits per heavy atom. The second-order valence-corrected chi connectivity index (χ2v) is 6.56. The number of hydrogen-bond acceptors (Lipinski definition) is 5. The molecule has 4 fully saturated rings. The van der Waals surface area contributed by atoms with E-state index in [2.05, 4.69) is 0 Å². The molecule has 0 aromatic carbocycles. The Morgan fingerprint density at radius 1 is 1.38 bits per heavy atom. The highest BCUT2D eigenvalue weighted by atomic mass is 16.6. The van der Waals surface area contributed by atoms with Gasteiger partial charge in [0.25, 0.3) is 0 Å². The molecular weight excluding hydrogens is 272 g/mol. The summed E-state index contributed by atoms with van der Waals surface area (Å²) in [4.78, 5) is 24.6. The van der Waals surface area contributed by atoms with E-state index in [0.717, 1.165) is 25.7 Å². The molecule has 0 amide bonds. The van der Waals surface area contributed by atoms with Crippen LogP contribution in [0.4, 0.5) is 0 Å². The molecule has 4 aliphatic rings. The third kappa shape index (κ3) is 2.35. The molecule has 5 heteroatoms. The van der Waals surface area contributed by atoms with Crippen molar-refractivity contribution in [3.63, 3.8) is 0 Å². The van der Waals surface area contributed by atoms with Gasteiger partial charge in [-0.2, -0.15) is 0 Å². The second kappa shape index (κ2) is 5.95. The minimum Gasteiger partial charge on any atom is -0.465 e. The maximum absolute atomic E-state index is 12.4. The summed E-state index contributed by atoms with van der Waals surface area (Å²) in [6.07, 6.45) is 4.21. The van der Waals surface area contributed by atoms with Crippen LogP contribution < -0.4 is 0 Å². The molecule has 4 rings (SSSR count).